The van der Waals surface area contributed by atoms with Crippen LogP contribution in [0.1, 0.15) is 37.7 Å². The number of phenols is 1. The van der Waals surface area contributed by atoms with Crippen molar-refractivity contribution >= 4 is 9.84 Å². The van der Waals surface area contributed by atoms with E-state index in [1.807, 2.05) is 6.07 Å². The van der Waals surface area contributed by atoms with Gasteiger partial charge in [-0.05, 0) is 30.5 Å². The van der Waals surface area contributed by atoms with Gasteiger partial charge in [0.2, 0.25) is 0 Å². The molecule has 0 amide bonds. The van der Waals surface area contributed by atoms with Gasteiger partial charge in [0.25, 0.3) is 0 Å². The van der Waals surface area contributed by atoms with Gasteiger partial charge in [0, 0.05) is 11.7 Å². The Labute approximate surface area is 109 Å². The summed E-state index contributed by atoms with van der Waals surface area (Å²) in [6.45, 7) is 0. The third kappa shape index (κ3) is 3.05. The maximum atomic E-state index is 11.7. The van der Waals surface area contributed by atoms with Gasteiger partial charge in [-0.25, -0.2) is 8.42 Å². The third-order valence-corrected chi connectivity index (χ3v) is 4.88. The van der Waals surface area contributed by atoms with Crippen LogP contribution in [0.4, 0.5) is 0 Å². The first-order valence-electron chi connectivity index (χ1n) is 6.39. The molecule has 0 radical (unpaired) electrons. The minimum atomic E-state index is -3.02. The standard InChI is InChI=1S/C14H20O3S/c1-18(16,17)11-14(8-3-2-4-9-14)12-6-5-7-13(15)10-12/h5-7,10,15H,2-4,8-9,11H2,1H3. The molecule has 0 saturated heterocycles. The molecule has 1 saturated carbocycles. The van der Waals surface area contributed by atoms with Crippen LogP contribution in [0, 0.1) is 0 Å². The molecule has 2 rings (SSSR count). The summed E-state index contributed by atoms with van der Waals surface area (Å²) in [6, 6.07) is 7.08. The summed E-state index contributed by atoms with van der Waals surface area (Å²) < 4.78 is 23.4. The van der Waals surface area contributed by atoms with Crippen LogP contribution in [0.5, 0.6) is 5.75 Å². The maximum Gasteiger partial charge on any atom is 0.148 e. The summed E-state index contributed by atoms with van der Waals surface area (Å²) >= 11 is 0. The summed E-state index contributed by atoms with van der Waals surface area (Å²) in [7, 11) is -3.02. The number of sulfone groups is 1. The first-order chi connectivity index (χ1) is 8.41. The van der Waals surface area contributed by atoms with Crippen molar-refractivity contribution in [3.05, 3.63) is 29.8 Å². The molecule has 0 aliphatic heterocycles. The smallest absolute Gasteiger partial charge is 0.148 e. The van der Waals surface area contributed by atoms with Gasteiger partial charge < -0.3 is 5.11 Å². The van der Waals surface area contributed by atoms with Crippen molar-refractivity contribution < 1.29 is 13.5 Å². The van der Waals surface area contributed by atoms with E-state index in [-0.39, 0.29) is 16.9 Å². The normalized spacial score (nSPS) is 19.6. The minimum Gasteiger partial charge on any atom is -0.508 e. The molecule has 3 nitrogen and oxygen atoms in total. The Balaban J connectivity index is 2.41. The van der Waals surface area contributed by atoms with Gasteiger partial charge in [-0.15, -0.1) is 0 Å². The van der Waals surface area contributed by atoms with Crippen molar-refractivity contribution in [3.63, 3.8) is 0 Å². The highest BCUT2D eigenvalue weighted by Gasteiger charge is 2.37. The minimum absolute atomic E-state index is 0.184. The van der Waals surface area contributed by atoms with Crippen molar-refractivity contribution in [2.75, 3.05) is 12.0 Å². The van der Waals surface area contributed by atoms with Crippen molar-refractivity contribution in [2.24, 2.45) is 0 Å². The number of aromatic hydroxyl groups is 1. The Morgan fingerprint density at radius 1 is 1.22 bits per heavy atom. The topological polar surface area (TPSA) is 54.4 Å². The van der Waals surface area contributed by atoms with Gasteiger partial charge >= 0.3 is 0 Å². The average molecular weight is 268 g/mol. The van der Waals surface area contributed by atoms with Crippen LogP contribution >= 0.6 is 0 Å². The summed E-state index contributed by atoms with van der Waals surface area (Å²) in [5.74, 6) is 0.398. The van der Waals surface area contributed by atoms with E-state index in [4.69, 9.17) is 0 Å². The molecule has 1 N–H and O–H groups in total. The van der Waals surface area contributed by atoms with Gasteiger partial charge in [-0.1, -0.05) is 31.4 Å². The lowest BCUT2D eigenvalue weighted by molar-refractivity contribution is 0.320. The first-order valence-corrected chi connectivity index (χ1v) is 8.45. The molecule has 0 unspecified atom stereocenters. The Kier molecular flexibility index (Phi) is 3.66. The quantitative estimate of drug-likeness (QED) is 0.917. The number of phenolic OH excluding ortho intramolecular Hbond substituents is 1. The lowest BCUT2D eigenvalue weighted by Gasteiger charge is -2.37. The number of hydrogen-bond acceptors (Lipinski definition) is 3. The van der Waals surface area contributed by atoms with E-state index in [1.165, 1.54) is 12.7 Å². The van der Waals surface area contributed by atoms with Crippen LogP contribution in [0.2, 0.25) is 0 Å². The van der Waals surface area contributed by atoms with Gasteiger partial charge in [0.1, 0.15) is 15.6 Å². The average Bonchev–Trinajstić information content (AvgIpc) is 2.28. The predicted octanol–water partition coefficient (Wildman–Crippen LogP) is 2.64. The van der Waals surface area contributed by atoms with E-state index in [0.29, 0.717) is 0 Å². The first kappa shape index (κ1) is 13.4. The molecule has 0 atom stereocenters. The number of benzene rings is 1. The molecule has 1 fully saturated rings. The molecule has 4 heteroatoms. The predicted molar refractivity (Wildman–Crippen MR) is 72.6 cm³/mol. The monoisotopic (exact) mass is 268 g/mol. The fraction of sp³-hybridized carbons (Fsp3) is 0.571. The SMILES string of the molecule is CS(=O)(=O)CC1(c2cccc(O)c2)CCCCC1. The highest BCUT2D eigenvalue weighted by Crippen LogP contribution is 2.41. The van der Waals surface area contributed by atoms with Crippen LogP contribution in [0.25, 0.3) is 0 Å². The molecule has 1 aliphatic carbocycles. The second-order valence-electron chi connectivity index (χ2n) is 5.46. The molecule has 1 aromatic carbocycles. The zero-order chi connectivity index (χ0) is 13.2. The van der Waals surface area contributed by atoms with Gasteiger partial charge in [0.05, 0.1) is 5.75 Å². The summed E-state index contributed by atoms with van der Waals surface area (Å²) in [5, 5.41) is 9.61. The van der Waals surface area contributed by atoms with Crippen molar-refractivity contribution in [2.45, 2.75) is 37.5 Å². The van der Waals surface area contributed by atoms with E-state index >= 15 is 0 Å². The molecule has 0 bridgehead atoms. The van der Waals surface area contributed by atoms with E-state index in [0.717, 1.165) is 31.2 Å². The highest BCUT2D eigenvalue weighted by molar-refractivity contribution is 7.90. The van der Waals surface area contributed by atoms with E-state index in [2.05, 4.69) is 0 Å². The van der Waals surface area contributed by atoms with Crippen LogP contribution < -0.4 is 0 Å². The van der Waals surface area contributed by atoms with Crippen molar-refractivity contribution in [3.8, 4) is 5.75 Å². The Bertz CT molecular complexity index is 514. The number of rotatable bonds is 3. The Morgan fingerprint density at radius 3 is 2.44 bits per heavy atom. The highest BCUT2D eigenvalue weighted by atomic mass is 32.2. The summed E-state index contributed by atoms with van der Waals surface area (Å²) in [5.41, 5.74) is 0.664. The molecular weight excluding hydrogens is 248 g/mol. The second-order valence-corrected chi connectivity index (χ2v) is 7.60. The van der Waals surface area contributed by atoms with E-state index < -0.39 is 9.84 Å². The zero-order valence-electron chi connectivity index (χ0n) is 10.7. The number of hydrogen-bond donors (Lipinski definition) is 1. The molecule has 0 spiro atoms. The van der Waals surface area contributed by atoms with Gasteiger partial charge in [-0.2, -0.15) is 0 Å². The molecule has 100 valence electrons. The zero-order valence-corrected chi connectivity index (χ0v) is 11.5. The molecule has 1 aliphatic rings. The second kappa shape index (κ2) is 4.92. The third-order valence-electron chi connectivity index (χ3n) is 3.81. The largest absolute Gasteiger partial charge is 0.508 e. The fourth-order valence-corrected chi connectivity index (χ4v) is 4.54. The summed E-state index contributed by atoms with van der Waals surface area (Å²) in [6.07, 6.45) is 6.37. The Morgan fingerprint density at radius 2 is 1.89 bits per heavy atom. The lowest BCUT2D eigenvalue weighted by atomic mass is 9.71. The van der Waals surface area contributed by atoms with Gasteiger partial charge in [0.15, 0.2) is 0 Å². The molecule has 0 heterocycles. The van der Waals surface area contributed by atoms with Crippen LogP contribution in [0.3, 0.4) is 0 Å². The Hall–Kier alpha value is -1.03. The molecule has 18 heavy (non-hydrogen) atoms. The van der Waals surface area contributed by atoms with Crippen molar-refractivity contribution in [1.29, 1.82) is 0 Å². The fourth-order valence-electron chi connectivity index (χ4n) is 3.08. The van der Waals surface area contributed by atoms with Crippen LogP contribution in [0.15, 0.2) is 24.3 Å². The van der Waals surface area contributed by atoms with Crippen molar-refractivity contribution in [1.82, 2.24) is 0 Å². The molecule has 1 aromatic rings. The van der Waals surface area contributed by atoms with Crippen LogP contribution in [-0.4, -0.2) is 25.5 Å². The summed E-state index contributed by atoms with van der Waals surface area (Å²) in [4.78, 5) is 0. The molecule has 0 aromatic heterocycles. The van der Waals surface area contributed by atoms with E-state index in [9.17, 15) is 13.5 Å². The van der Waals surface area contributed by atoms with Crippen LogP contribution in [-0.2, 0) is 15.3 Å². The maximum absolute atomic E-state index is 11.7. The lowest BCUT2D eigenvalue weighted by Crippen LogP contribution is -2.36. The molecular formula is C14H20O3S. The van der Waals surface area contributed by atoms with E-state index in [1.54, 1.807) is 18.2 Å². The van der Waals surface area contributed by atoms with Gasteiger partial charge in [-0.3, -0.25) is 0 Å².